The largest absolute Gasteiger partial charge is 0.456 e. The molecule has 3 aromatic rings. The molecular formula is C17H11BrO3. The van der Waals surface area contributed by atoms with Crippen LogP contribution in [0.25, 0.3) is 22.3 Å². The number of halogens is 1. The smallest absolute Gasteiger partial charge is 0.193 e. The van der Waals surface area contributed by atoms with E-state index in [9.17, 15) is 9.59 Å². The summed E-state index contributed by atoms with van der Waals surface area (Å²) in [6.45, 7) is 0. The van der Waals surface area contributed by atoms with E-state index in [1.165, 1.54) is 6.07 Å². The SMILES string of the molecule is O=C(CBr)c1ccc2c(=O)cc(-c3ccccc3)oc2c1. The van der Waals surface area contributed by atoms with E-state index < -0.39 is 0 Å². The summed E-state index contributed by atoms with van der Waals surface area (Å²) < 4.78 is 5.80. The van der Waals surface area contributed by atoms with Crippen molar-refractivity contribution in [1.82, 2.24) is 0 Å². The van der Waals surface area contributed by atoms with Gasteiger partial charge < -0.3 is 4.42 Å². The van der Waals surface area contributed by atoms with Crippen molar-refractivity contribution in [1.29, 1.82) is 0 Å². The summed E-state index contributed by atoms with van der Waals surface area (Å²) in [5.41, 5.74) is 1.66. The fourth-order valence-electron chi connectivity index (χ4n) is 2.15. The first kappa shape index (κ1) is 13.8. The van der Waals surface area contributed by atoms with Crippen LogP contribution in [0, 0.1) is 0 Å². The van der Waals surface area contributed by atoms with Crippen molar-refractivity contribution in [3.8, 4) is 11.3 Å². The third-order valence-electron chi connectivity index (χ3n) is 3.23. The fraction of sp³-hybridized carbons (Fsp3) is 0.0588. The summed E-state index contributed by atoms with van der Waals surface area (Å²) in [7, 11) is 0. The highest BCUT2D eigenvalue weighted by Crippen LogP contribution is 2.22. The van der Waals surface area contributed by atoms with Gasteiger partial charge in [0.05, 0.1) is 10.7 Å². The van der Waals surface area contributed by atoms with E-state index in [1.54, 1.807) is 18.2 Å². The van der Waals surface area contributed by atoms with Gasteiger partial charge in [0.15, 0.2) is 11.2 Å². The van der Waals surface area contributed by atoms with E-state index in [-0.39, 0.29) is 16.5 Å². The third-order valence-corrected chi connectivity index (χ3v) is 3.74. The Labute approximate surface area is 129 Å². The molecule has 0 spiro atoms. The second kappa shape index (κ2) is 5.66. The first-order valence-corrected chi connectivity index (χ1v) is 7.53. The lowest BCUT2D eigenvalue weighted by molar-refractivity contribution is 0.102. The van der Waals surface area contributed by atoms with Crippen LogP contribution >= 0.6 is 15.9 Å². The highest BCUT2D eigenvalue weighted by molar-refractivity contribution is 9.09. The Morgan fingerprint density at radius 1 is 1.05 bits per heavy atom. The fourth-order valence-corrected chi connectivity index (χ4v) is 2.47. The van der Waals surface area contributed by atoms with Crippen LogP contribution in [0.15, 0.2) is 63.8 Å². The molecule has 0 unspecified atom stereocenters. The molecule has 0 saturated carbocycles. The first-order valence-electron chi connectivity index (χ1n) is 6.41. The standard InChI is InChI=1S/C17H11BrO3/c18-10-15(20)12-6-7-13-14(19)9-16(21-17(13)8-12)11-4-2-1-3-5-11/h1-9H,10H2. The first-order chi connectivity index (χ1) is 10.2. The third kappa shape index (κ3) is 2.67. The number of carbonyl (C=O) groups excluding carboxylic acids is 1. The maximum absolute atomic E-state index is 12.2. The molecule has 0 fully saturated rings. The predicted molar refractivity (Wildman–Crippen MR) is 86.0 cm³/mol. The van der Waals surface area contributed by atoms with E-state index in [4.69, 9.17) is 4.42 Å². The van der Waals surface area contributed by atoms with Gasteiger partial charge >= 0.3 is 0 Å². The Morgan fingerprint density at radius 3 is 2.52 bits per heavy atom. The highest BCUT2D eigenvalue weighted by Gasteiger charge is 2.10. The van der Waals surface area contributed by atoms with Gasteiger partial charge in [-0.2, -0.15) is 0 Å². The van der Waals surface area contributed by atoms with Gasteiger partial charge in [0, 0.05) is 17.2 Å². The quantitative estimate of drug-likeness (QED) is 0.533. The topological polar surface area (TPSA) is 47.3 Å². The van der Waals surface area contributed by atoms with Gasteiger partial charge in [0.25, 0.3) is 0 Å². The zero-order valence-corrected chi connectivity index (χ0v) is 12.6. The van der Waals surface area contributed by atoms with Crippen molar-refractivity contribution in [2.75, 3.05) is 5.33 Å². The molecule has 21 heavy (non-hydrogen) atoms. The number of benzene rings is 2. The van der Waals surface area contributed by atoms with Gasteiger partial charge in [-0.25, -0.2) is 0 Å². The van der Waals surface area contributed by atoms with Crippen LogP contribution < -0.4 is 5.43 Å². The maximum atomic E-state index is 12.2. The Bertz CT molecular complexity index is 866. The molecule has 0 amide bonds. The summed E-state index contributed by atoms with van der Waals surface area (Å²) in [5.74, 6) is 0.446. The molecule has 4 heteroatoms. The Morgan fingerprint density at radius 2 is 1.81 bits per heavy atom. The molecule has 1 aromatic heterocycles. The van der Waals surface area contributed by atoms with E-state index in [2.05, 4.69) is 15.9 Å². The van der Waals surface area contributed by atoms with Crippen LogP contribution in [0.3, 0.4) is 0 Å². The number of fused-ring (bicyclic) bond motifs is 1. The second-order valence-electron chi connectivity index (χ2n) is 4.61. The number of ketones is 1. The molecule has 3 rings (SSSR count). The van der Waals surface area contributed by atoms with Crippen LogP contribution in [-0.4, -0.2) is 11.1 Å². The summed E-state index contributed by atoms with van der Waals surface area (Å²) >= 11 is 3.14. The number of carbonyl (C=O) groups is 1. The molecule has 1 heterocycles. The average molecular weight is 343 g/mol. The molecular weight excluding hydrogens is 332 g/mol. The number of hydrogen-bond acceptors (Lipinski definition) is 3. The summed E-state index contributed by atoms with van der Waals surface area (Å²) in [6.07, 6.45) is 0. The minimum Gasteiger partial charge on any atom is -0.456 e. The number of Topliss-reactive ketones (excluding diaryl/α,β-unsaturated/α-hetero) is 1. The van der Waals surface area contributed by atoms with Crippen molar-refractivity contribution in [3.05, 3.63) is 70.4 Å². The number of rotatable bonds is 3. The lowest BCUT2D eigenvalue weighted by atomic mass is 10.1. The molecule has 104 valence electrons. The van der Waals surface area contributed by atoms with Crippen molar-refractivity contribution in [3.63, 3.8) is 0 Å². The Balaban J connectivity index is 2.22. The molecule has 0 bridgehead atoms. The van der Waals surface area contributed by atoms with Crippen LogP contribution in [0.2, 0.25) is 0 Å². The van der Waals surface area contributed by atoms with E-state index in [1.807, 2.05) is 30.3 Å². The van der Waals surface area contributed by atoms with Crippen LogP contribution in [0.5, 0.6) is 0 Å². The lowest BCUT2D eigenvalue weighted by Gasteiger charge is -2.04. The molecule has 0 saturated heterocycles. The molecule has 2 aromatic carbocycles. The molecule has 0 radical (unpaired) electrons. The Hall–Kier alpha value is -2.20. The lowest BCUT2D eigenvalue weighted by Crippen LogP contribution is -2.03. The summed E-state index contributed by atoms with van der Waals surface area (Å²) in [4.78, 5) is 23.9. The second-order valence-corrected chi connectivity index (χ2v) is 5.17. The van der Waals surface area contributed by atoms with Crippen molar-refractivity contribution in [2.24, 2.45) is 0 Å². The molecule has 3 nitrogen and oxygen atoms in total. The van der Waals surface area contributed by atoms with Gasteiger partial charge in [-0.3, -0.25) is 9.59 Å². The Kier molecular flexibility index (Phi) is 3.71. The van der Waals surface area contributed by atoms with Gasteiger partial charge in [-0.15, -0.1) is 0 Å². The molecule has 0 aliphatic rings. The number of alkyl halides is 1. The van der Waals surface area contributed by atoms with Gasteiger partial charge in [0.1, 0.15) is 11.3 Å². The number of hydrogen-bond donors (Lipinski definition) is 0. The van der Waals surface area contributed by atoms with E-state index >= 15 is 0 Å². The minimum atomic E-state index is -0.118. The zero-order chi connectivity index (χ0) is 14.8. The normalized spacial score (nSPS) is 10.7. The minimum absolute atomic E-state index is 0.0512. The van der Waals surface area contributed by atoms with Gasteiger partial charge in [-0.1, -0.05) is 52.3 Å². The molecule has 0 aliphatic heterocycles. The van der Waals surface area contributed by atoms with Crippen molar-refractivity contribution in [2.45, 2.75) is 0 Å². The summed E-state index contributed by atoms with van der Waals surface area (Å²) in [5, 5.41) is 0.710. The highest BCUT2D eigenvalue weighted by atomic mass is 79.9. The van der Waals surface area contributed by atoms with Gasteiger partial charge in [-0.05, 0) is 12.1 Å². The molecule has 0 atom stereocenters. The predicted octanol–water partition coefficient (Wildman–Crippen LogP) is 4.04. The average Bonchev–Trinajstić information content (AvgIpc) is 2.54. The summed E-state index contributed by atoms with van der Waals surface area (Å²) in [6, 6.07) is 15.8. The molecule has 0 N–H and O–H groups in total. The van der Waals surface area contributed by atoms with Crippen molar-refractivity contribution >= 4 is 32.7 Å². The van der Waals surface area contributed by atoms with E-state index in [0.717, 1.165) is 5.56 Å². The van der Waals surface area contributed by atoms with Crippen molar-refractivity contribution < 1.29 is 9.21 Å². The zero-order valence-electron chi connectivity index (χ0n) is 11.0. The van der Waals surface area contributed by atoms with Crippen LogP contribution in [0.4, 0.5) is 0 Å². The van der Waals surface area contributed by atoms with Crippen LogP contribution in [0.1, 0.15) is 10.4 Å². The maximum Gasteiger partial charge on any atom is 0.193 e. The molecule has 0 aliphatic carbocycles. The monoisotopic (exact) mass is 342 g/mol. The van der Waals surface area contributed by atoms with Gasteiger partial charge in [0.2, 0.25) is 0 Å². The van der Waals surface area contributed by atoms with E-state index in [0.29, 0.717) is 22.3 Å². The van der Waals surface area contributed by atoms with Crippen LogP contribution in [-0.2, 0) is 0 Å².